The number of nitro benzene ring substituents is 1. The summed E-state index contributed by atoms with van der Waals surface area (Å²) in [7, 11) is 0. The van der Waals surface area contributed by atoms with Crippen molar-refractivity contribution in [2.45, 2.75) is 19.3 Å². The van der Waals surface area contributed by atoms with Gasteiger partial charge in [-0.1, -0.05) is 17.3 Å². The van der Waals surface area contributed by atoms with Crippen molar-refractivity contribution in [3.05, 3.63) is 40.3 Å². The fraction of sp³-hybridized carbons (Fsp3) is 0.250. The van der Waals surface area contributed by atoms with Crippen LogP contribution in [0.5, 0.6) is 0 Å². The van der Waals surface area contributed by atoms with Crippen molar-refractivity contribution in [2.24, 2.45) is 0 Å². The Morgan fingerprint density at radius 3 is 2.90 bits per heavy atom. The van der Waals surface area contributed by atoms with Gasteiger partial charge in [0.2, 0.25) is 11.7 Å². The van der Waals surface area contributed by atoms with Crippen LogP contribution in [0.2, 0.25) is 0 Å². The smallest absolute Gasteiger partial charge is 0.270 e. The van der Waals surface area contributed by atoms with Gasteiger partial charge in [-0.25, -0.2) is 0 Å². The van der Waals surface area contributed by atoms with E-state index in [-0.39, 0.29) is 23.8 Å². The number of aromatic nitrogens is 2. The highest BCUT2D eigenvalue weighted by Gasteiger charge is 2.12. The molecule has 1 heterocycles. The minimum atomic E-state index is -1.14. The van der Waals surface area contributed by atoms with Gasteiger partial charge in [0.05, 0.1) is 4.92 Å². The molecule has 0 aliphatic rings. The maximum absolute atomic E-state index is 10.7. The van der Waals surface area contributed by atoms with Gasteiger partial charge in [-0.05, 0) is 12.8 Å². The molecule has 1 aromatic carbocycles. The van der Waals surface area contributed by atoms with Gasteiger partial charge in [0.15, 0.2) is 0 Å². The maximum atomic E-state index is 10.7. The second-order valence-electron chi connectivity index (χ2n) is 4.04. The summed E-state index contributed by atoms with van der Waals surface area (Å²) in [5, 5.41) is 24.7. The molecule has 0 atom stereocenters. The molecule has 0 unspecified atom stereocenters. The van der Waals surface area contributed by atoms with E-state index in [0.29, 0.717) is 18.4 Å². The molecule has 0 saturated heterocycles. The van der Waals surface area contributed by atoms with Crippen LogP contribution >= 0.6 is 0 Å². The Morgan fingerprint density at radius 1 is 1.40 bits per heavy atom. The number of carbonyl (C=O) groups is 1. The largest absolute Gasteiger partial charge is 0.550 e. The van der Waals surface area contributed by atoms with E-state index < -0.39 is 10.9 Å². The van der Waals surface area contributed by atoms with E-state index in [9.17, 15) is 20.0 Å². The zero-order valence-corrected chi connectivity index (χ0v) is 10.3. The van der Waals surface area contributed by atoms with Crippen molar-refractivity contribution in [3.8, 4) is 11.4 Å². The molecule has 0 radical (unpaired) electrons. The summed E-state index contributed by atoms with van der Waals surface area (Å²) in [4.78, 5) is 24.5. The highest BCUT2D eigenvalue weighted by Crippen LogP contribution is 2.21. The standard InChI is InChI=1S/C12H11N3O5/c16-11(17)6-2-5-10-13-12(14-20-10)8-3-1-4-9(7-8)15(18)19/h1,3-4,7H,2,5-6H2,(H,16,17)/p-1. The Bertz CT molecular complexity index is 638. The van der Waals surface area contributed by atoms with E-state index in [2.05, 4.69) is 10.1 Å². The average Bonchev–Trinajstić information content (AvgIpc) is 2.87. The van der Waals surface area contributed by atoms with Gasteiger partial charge in [0.1, 0.15) is 0 Å². The van der Waals surface area contributed by atoms with Crippen LogP contribution in [-0.2, 0) is 11.2 Å². The van der Waals surface area contributed by atoms with Crippen LogP contribution in [0.25, 0.3) is 11.4 Å². The number of nitro groups is 1. The summed E-state index contributed by atoms with van der Waals surface area (Å²) in [6, 6.07) is 5.86. The number of rotatable bonds is 6. The number of aliphatic carboxylic acids is 1. The number of carbonyl (C=O) groups excluding carboxylic acids is 1. The third kappa shape index (κ3) is 3.37. The monoisotopic (exact) mass is 276 g/mol. The van der Waals surface area contributed by atoms with E-state index in [4.69, 9.17) is 4.52 Å². The van der Waals surface area contributed by atoms with Gasteiger partial charge >= 0.3 is 0 Å². The maximum Gasteiger partial charge on any atom is 0.270 e. The van der Waals surface area contributed by atoms with Gasteiger partial charge in [0, 0.05) is 30.1 Å². The van der Waals surface area contributed by atoms with Crippen LogP contribution in [0.3, 0.4) is 0 Å². The average molecular weight is 276 g/mol. The number of benzene rings is 1. The molecule has 8 heteroatoms. The highest BCUT2D eigenvalue weighted by molar-refractivity contribution is 5.64. The van der Waals surface area contributed by atoms with E-state index >= 15 is 0 Å². The molecule has 0 aliphatic carbocycles. The van der Waals surface area contributed by atoms with Crippen LogP contribution in [0, 0.1) is 10.1 Å². The second-order valence-corrected chi connectivity index (χ2v) is 4.04. The molecule has 1 aromatic heterocycles. The lowest BCUT2D eigenvalue weighted by Crippen LogP contribution is -2.21. The summed E-state index contributed by atoms with van der Waals surface area (Å²) in [6.45, 7) is 0. The molecule has 2 rings (SSSR count). The number of non-ortho nitro benzene ring substituents is 1. The Hall–Kier alpha value is -2.77. The summed E-state index contributed by atoms with van der Waals surface area (Å²) >= 11 is 0. The predicted octanol–water partition coefficient (Wildman–Crippen LogP) is 0.717. The number of aryl methyl sites for hydroxylation is 1. The van der Waals surface area contributed by atoms with E-state index in [1.54, 1.807) is 6.07 Å². The first-order valence-corrected chi connectivity index (χ1v) is 5.83. The second kappa shape index (κ2) is 5.91. The lowest BCUT2D eigenvalue weighted by Gasteiger charge is -1.97. The van der Waals surface area contributed by atoms with E-state index in [0.717, 1.165) is 0 Å². The van der Waals surface area contributed by atoms with Crippen LogP contribution in [0.4, 0.5) is 5.69 Å². The first-order valence-electron chi connectivity index (χ1n) is 5.83. The van der Waals surface area contributed by atoms with Gasteiger partial charge in [0.25, 0.3) is 5.69 Å². The summed E-state index contributed by atoms with van der Waals surface area (Å²) in [5.74, 6) is -0.617. The zero-order chi connectivity index (χ0) is 14.5. The quantitative estimate of drug-likeness (QED) is 0.562. The first-order chi connectivity index (χ1) is 9.56. The molecule has 104 valence electrons. The van der Waals surface area contributed by atoms with Crippen molar-refractivity contribution in [2.75, 3.05) is 0 Å². The number of nitrogens with zero attached hydrogens (tertiary/aromatic N) is 3. The van der Waals surface area contributed by atoms with E-state index in [1.165, 1.54) is 18.2 Å². The fourth-order valence-electron chi connectivity index (χ4n) is 1.62. The van der Waals surface area contributed by atoms with Crippen molar-refractivity contribution in [1.29, 1.82) is 0 Å². The third-order valence-corrected chi connectivity index (χ3v) is 2.55. The topological polar surface area (TPSA) is 122 Å². The van der Waals surface area contributed by atoms with Crippen molar-refractivity contribution < 1.29 is 19.3 Å². The van der Waals surface area contributed by atoms with Gasteiger partial charge < -0.3 is 14.4 Å². The molecule has 0 saturated carbocycles. The summed E-state index contributed by atoms with van der Waals surface area (Å²) in [6.07, 6.45) is 0.559. The molecule has 0 aliphatic heterocycles. The molecule has 0 N–H and O–H groups in total. The SMILES string of the molecule is O=C([O-])CCCc1nc(-c2cccc([N+](=O)[O-])c2)no1. The van der Waals surface area contributed by atoms with Crippen molar-refractivity contribution >= 4 is 11.7 Å². The minimum Gasteiger partial charge on any atom is -0.550 e. The number of carboxylic acids is 1. The zero-order valence-electron chi connectivity index (χ0n) is 10.3. The summed E-state index contributed by atoms with van der Waals surface area (Å²) < 4.78 is 4.96. The molecule has 0 amide bonds. The molecule has 0 bridgehead atoms. The van der Waals surface area contributed by atoms with Gasteiger partial charge in [-0.15, -0.1) is 0 Å². The number of hydrogen-bond acceptors (Lipinski definition) is 7. The fourth-order valence-corrected chi connectivity index (χ4v) is 1.62. The number of hydrogen-bond donors (Lipinski definition) is 0. The van der Waals surface area contributed by atoms with Gasteiger partial charge in [-0.3, -0.25) is 10.1 Å². The Morgan fingerprint density at radius 2 is 2.20 bits per heavy atom. The predicted molar refractivity (Wildman–Crippen MR) is 64.3 cm³/mol. The van der Waals surface area contributed by atoms with E-state index in [1.807, 2.05) is 0 Å². The Kier molecular flexibility index (Phi) is 4.04. The normalized spacial score (nSPS) is 10.4. The third-order valence-electron chi connectivity index (χ3n) is 2.55. The minimum absolute atomic E-state index is 0.0641. The molecule has 8 nitrogen and oxygen atoms in total. The van der Waals surface area contributed by atoms with Crippen molar-refractivity contribution in [3.63, 3.8) is 0 Å². The van der Waals surface area contributed by atoms with Crippen LogP contribution in [0.1, 0.15) is 18.7 Å². The first kappa shape index (κ1) is 13.7. The van der Waals surface area contributed by atoms with Crippen LogP contribution in [0.15, 0.2) is 28.8 Å². The Balaban J connectivity index is 2.10. The molecule has 20 heavy (non-hydrogen) atoms. The van der Waals surface area contributed by atoms with Crippen LogP contribution < -0.4 is 5.11 Å². The Labute approximate surface area is 113 Å². The molecule has 2 aromatic rings. The molecular formula is C12H10N3O5-. The molecule has 0 spiro atoms. The van der Waals surface area contributed by atoms with Gasteiger partial charge in [-0.2, -0.15) is 4.98 Å². The highest BCUT2D eigenvalue weighted by atomic mass is 16.6. The lowest BCUT2D eigenvalue weighted by molar-refractivity contribution is -0.384. The lowest BCUT2D eigenvalue weighted by atomic mass is 10.2. The number of carboxylic acid groups (broad SMARTS) is 1. The van der Waals surface area contributed by atoms with Crippen molar-refractivity contribution in [1.82, 2.24) is 10.1 Å². The molecular weight excluding hydrogens is 266 g/mol. The van der Waals surface area contributed by atoms with Crippen LogP contribution in [-0.4, -0.2) is 21.0 Å². The summed E-state index contributed by atoms with van der Waals surface area (Å²) in [5.41, 5.74) is 0.403. The molecule has 0 fully saturated rings.